The maximum atomic E-state index is 13.2. The van der Waals surface area contributed by atoms with Crippen LogP contribution in [0.15, 0.2) is 22.7 Å². The molecular formula is C15H16BrFN2O4. The second-order valence-electron chi connectivity index (χ2n) is 5.29. The molecule has 1 unspecified atom stereocenters. The van der Waals surface area contributed by atoms with Crippen LogP contribution in [0.4, 0.5) is 4.39 Å². The van der Waals surface area contributed by atoms with Gasteiger partial charge in [-0.25, -0.2) is 4.39 Å². The fourth-order valence-electron chi connectivity index (χ4n) is 2.40. The van der Waals surface area contributed by atoms with Gasteiger partial charge in [0.1, 0.15) is 5.82 Å². The summed E-state index contributed by atoms with van der Waals surface area (Å²) in [6.07, 6.45) is 0.523. The van der Waals surface area contributed by atoms with Crippen LogP contribution in [0.5, 0.6) is 0 Å². The molecule has 1 aliphatic rings. The Hall–Kier alpha value is -1.96. The monoisotopic (exact) mass is 386 g/mol. The first-order valence-corrected chi connectivity index (χ1v) is 7.91. The highest BCUT2D eigenvalue weighted by molar-refractivity contribution is 9.10. The van der Waals surface area contributed by atoms with Crippen LogP contribution >= 0.6 is 15.9 Å². The normalized spacial score (nSPS) is 17.1. The first-order chi connectivity index (χ1) is 10.9. The van der Waals surface area contributed by atoms with Gasteiger partial charge in [-0.2, -0.15) is 0 Å². The van der Waals surface area contributed by atoms with Gasteiger partial charge < -0.3 is 15.3 Å². The zero-order chi connectivity index (χ0) is 17.0. The number of carboxylic acid groups (broad SMARTS) is 1. The molecule has 1 aromatic rings. The molecular weight excluding hydrogens is 371 g/mol. The lowest BCUT2D eigenvalue weighted by atomic mass is 10.1. The van der Waals surface area contributed by atoms with Crippen molar-refractivity contribution in [2.24, 2.45) is 5.92 Å². The summed E-state index contributed by atoms with van der Waals surface area (Å²) in [7, 11) is 0. The maximum absolute atomic E-state index is 13.2. The Kier molecular flexibility index (Phi) is 5.70. The number of amides is 2. The van der Waals surface area contributed by atoms with Crippen LogP contribution in [0.25, 0.3) is 0 Å². The van der Waals surface area contributed by atoms with E-state index in [-0.39, 0.29) is 31.0 Å². The lowest BCUT2D eigenvalue weighted by Crippen LogP contribution is -2.34. The van der Waals surface area contributed by atoms with Crippen molar-refractivity contribution >= 4 is 33.7 Å². The van der Waals surface area contributed by atoms with Crippen LogP contribution in [0.1, 0.15) is 23.2 Å². The fraction of sp³-hybridized carbons (Fsp3) is 0.400. The molecule has 0 aliphatic carbocycles. The number of benzene rings is 1. The summed E-state index contributed by atoms with van der Waals surface area (Å²) in [4.78, 5) is 36.3. The number of likely N-dealkylation sites (tertiary alicyclic amines) is 1. The van der Waals surface area contributed by atoms with Crippen molar-refractivity contribution in [3.63, 3.8) is 0 Å². The van der Waals surface area contributed by atoms with Crippen LogP contribution in [-0.2, 0) is 9.59 Å². The number of hydrogen-bond donors (Lipinski definition) is 2. The number of carbonyl (C=O) groups excluding carboxylic acids is 2. The number of nitrogens with zero attached hydrogens (tertiary/aromatic N) is 1. The first-order valence-electron chi connectivity index (χ1n) is 7.12. The predicted molar refractivity (Wildman–Crippen MR) is 83.4 cm³/mol. The summed E-state index contributed by atoms with van der Waals surface area (Å²) in [5, 5.41) is 11.5. The number of nitrogens with one attached hydrogen (secondary N) is 1. The van der Waals surface area contributed by atoms with Crippen molar-refractivity contribution in [2.45, 2.75) is 12.8 Å². The van der Waals surface area contributed by atoms with Crippen LogP contribution in [0.3, 0.4) is 0 Å². The van der Waals surface area contributed by atoms with E-state index in [0.717, 1.165) is 6.07 Å². The molecule has 0 radical (unpaired) electrons. The number of rotatable bonds is 5. The smallest absolute Gasteiger partial charge is 0.308 e. The topological polar surface area (TPSA) is 86.7 Å². The molecule has 124 valence electrons. The Morgan fingerprint density at radius 1 is 1.39 bits per heavy atom. The zero-order valence-electron chi connectivity index (χ0n) is 12.2. The Labute approximate surface area is 140 Å². The Morgan fingerprint density at radius 2 is 2.13 bits per heavy atom. The molecule has 2 N–H and O–H groups in total. The van der Waals surface area contributed by atoms with Crippen molar-refractivity contribution in [3.05, 3.63) is 34.1 Å². The number of hydrogen-bond acceptors (Lipinski definition) is 3. The van der Waals surface area contributed by atoms with E-state index < -0.39 is 23.6 Å². The lowest BCUT2D eigenvalue weighted by molar-refractivity contribution is -0.141. The number of aliphatic carboxylic acids is 1. The third-order valence-corrected chi connectivity index (χ3v) is 4.38. The second-order valence-corrected chi connectivity index (χ2v) is 6.15. The fourth-order valence-corrected chi connectivity index (χ4v) is 2.82. The van der Waals surface area contributed by atoms with Gasteiger partial charge in [-0.05, 0) is 40.5 Å². The molecule has 0 bridgehead atoms. The molecule has 6 nitrogen and oxygen atoms in total. The van der Waals surface area contributed by atoms with Crippen molar-refractivity contribution in [1.82, 2.24) is 10.2 Å². The summed E-state index contributed by atoms with van der Waals surface area (Å²) >= 11 is 3.17. The minimum atomic E-state index is -0.899. The van der Waals surface area contributed by atoms with Gasteiger partial charge in [-0.3, -0.25) is 14.4 Å². The molecule has 23 heavy (non-hydrogen) atoms. The molecule has 1 fully saturated rings. The summed E-state index contributed by atoms with van der Waals surface area (Å²) in [5.74, 6) is -2.62. The molecule has 0 spiro atoms. The van der Waals surface area contributed by atoms with E-state index in [1.165, 1.54) is 17.0 Å². The summed E-state index contributed by atoms with van der Waals surface area (Å²) in [5.41, 5.74) is 0.157. The van der Waals surface area contributed by atoms with E-state index in [4.69, 9.17) is 5.11 Å². The van der Waals surface area contributed by atoms with E-state index in [2.05, 4.69) is 21.2 Å². The minimum Gasteiger partial charge on any atom is -0.481 e. The van der Waals surface area contributed by atoms with Gasteiger partial charge >= 0.3 is 5.97 Å². The maximum Gasteiger partial charge on any atom is 0.308 e. The molecule has 2 rings (SSSR count). The van der Waals surface area contributed by atoms with Crippen LogP contribution in [-0.4, -0.2) is 47.4 Å². The average molecular weight is 387 g/mol. The van der Waals surface area contributed by atoms with Crippen LogP contribution in [0, 0.1) is 11.7 Å². The highest BCUT2D eigenvalue weighted by atomic mass is 79.9. The number of carboxylic acids is 1. The third kappa shape index (κ3) is 4.51. The highest BCUT2D eigenvalue weighted by Crippen LogP contribution is 2.18. The van der Waals surface area contributed by atoms with E-state index >= 15 is 0 Å². The Morgan fingerprint density at radius 3 is 2.78 bits per heavy atom. The quantitative estimate of drug-likeness (QED) is 0.805. The van der Waals surface area contributed by atoms with Crippen molar-refractivity contribution in [3.8, 4) is 0 Å². The number of halogens is 2. The molecule has 1 heterocycles. The molecule has 1 aromatic carbocycles. The average Bonchev–Trinajstić information content (AvgIpc) is 2.99. The lowest BCUT2D eigenvalue weighted by Gasteiger charge is -2.16. The van der Waals surface area contributed by atoms with Gasteiger partial charge in [-0.15, -0.1) is 0 Å². The predicted octanol–water partition coefficient (Wildman–Crippen LogP) is 1.64. The van der Waals surface area contributed by atoms with Crippen molar-refractivity contribution in [1.29, 1.82) is 0 Å². The molecule has 2 amide bonds. The first kappa shape index (κ1) is 17.4. The molecule has 0 aromatic heterocycles. The SMILES string of the molecule is O=C(NCCC(=O)N1CCC(C(=O)O)C1)c1cc(F)ccc1Br. The van der Waals surface area contributed by atoms with E-state index in [9.17, 15) is 18.8 Å². The Balaban J connectivity index is 1.81. The molecule has 0 saturated carbocycles. The third-order valence-electron chi connectivity index (χ3n) is 3.69. The van der Waals surface area contributed by atoms with Crippen molar-refractivity contribution < 1.29 is 23.9 Å². The minimum absolute atomic E-state index is 0.0744. The van der Waals surface area contributed by atoms with Crippen molar-refractivity contribution in [2.75, 3.05) is 19.6 Å². The summed E-state index contributed by atoms with van der Waals surface area (Å²) < 4.78 is 13.6. The van der Waals surface area contributed by atoms with Gasteiger partial charge in [0, 0.05) is 30.5 Å². The molecule has 1 aliphatic heterocycles. The molecule has 8 heteroatoms. The van der Waals surface area contributed by atoms with Crippen LogP contribution < -0.4 is 5.32 Å². The largest absolute Gasteiger partial charge is 0.481 e. The van der Waals surface area contributed by atoms with Gasteiger partial charge in [-0.1, -0.05) is 0 Å². The van der Waals surface area contributed by atoms with Gasteiger partial charge in [0.05, 0.1) is 11.5 Å². The van der Waals surface area contributed by atoms with E-state index in [0.29, 0.717) is 17.4 Å². The molecule has 1 saturated heterocycles. The van der Waals surface area contributed by atoms with Gasteiger partial charge in [0.2, 0.25) is 5.91 Å². The van der Waals surface area contributed by atoms with E-state index in [1.807, 2.05) is 0 Å². The zero-order valence-corrected chi connectivity index (χ0v) is 13.8. The second kappa shape index (κ2) is 7.54. The van der Waals surface area contributed by atoms with Crippen LogP contribution in [0.2, 0.25) is 0 Å². The standard InChI is InChI=1S/C15H16BrFN2O4/c16-12-2-1-10(17)7-11(12)14(21)18-5-3-13(20)19-6-4-9(8-19)15(22)23/h1-2,7,9H,3-6,8H2,(H,18,21)(H,22,23). The Bertz CT molecular complexity index is 638. The van der Waals surface area contributed by atoms with E-state index in [1.54, 1.807) is 0 Å². The summed E-state index contributed by atoms with van der Waals surface area (Å²) in [6.45, 7) is 0.728. The van der Waals surface area contributed by atoms with Gasteiger partial charge in [0.15, 0.2) is 0 Å². The highest BCUT2D eigenvalue weighted by Gasteiger charge is 2.30. The van der Waals surface area contributed by atoms with Gasteiger partial charge in [0.25, 0.3) is 5.91 Å². The molecule has 1 atom stereocenters. The summed E-state index contributed by atoms with van der Waals surface area (Å²) in [6, 6.07) is 3.78. The number of carbonyl (C=O) groups is 3.